The second-order valence-electron chi connectivity index (χ2n) is 5.45. The maximum atomic E-state index is 12.5. The summed E-state index contributed by atoms with van der Waals surface area (Å²) in [6.07, 6.45) is 4.73. The van der Waals surface area contributed by atoms with Gasteiger partial charge < -0.3 is 10.6 Å². The molecule has 0 amide bonds. The molecule has 7 nitrogen and oxygen atoms in total. The number of sulfonamides is 1. The first kappa shape index (κ1) is 16.4. The number of H-pyrrole nitrogens is 1. The fourth-order valence-electron chi connectivity index (χ4n) is 2.59. The maximum absolute atomic E-state index is 12.5. The fourth-order valence-corrected chi connectivity index (χ4v) is 4.13. The molecule has 1 aliphatic rings. The zero-order valence-corrected chi connectivity index (χ0v) is 13.4. The van der Waals surface area contributed by atoms with Crippen LogP contribution in [0.25, 0.3) is 0 Å². The van der Waals surface area contributed by atoms with Crippen LogP contribution in [0.2, 0.25) is 0 Å². The molecule has 1 fully saturated rings. The minimum absolute atomic E-state index is 0.291. The highest BCUT2D eigenvalue weighted by Crippen LogP contribution is 2.19. The number of aryl methyl sites for hydroxylation is 1. The summed E-state index contributed by atoms with van der Waals surface area (Å²) in [6, 6.07) is 0. The van der Waals surface area contributed by atoms with Crippen molar-refractivity contribution in [3.8, 4) is 0 Å². The van der Waals surface area contributed by atoms with E-state index >= 15 is 0 Å². The third kappa shape index (κ3) is 4.03. The van der Waals surface area contributed by atoms with Crippen LogP contribution in [-0.2, 0) is 10.0 Å². The Labute approximate surface area is 126 Å². The number of unbranched alkanes of at least 4 members (excludes halogenated alkanes) is 2. The van der Waals surface area contributed by atoms with Gasteiger partial charge in [0.2, 0.25) is 10.0 Å². The Kier molecular flexibility index (Phi) is 5.74. The van der Waals surface area contributed by atoms with Crippen molar-refractivity contribution in [2.75, 3.05) is 39.3 Å². The third-order valence-corrected chi connectivity index (χ3v) is 5.92. The molecule has 1 aromatic rings. The first-order valence-electron chi connectivity index (χ1n) is 7.48. The molecule has 8 heteroatoms. The number of aromatic nitrogens is 2. The predicted molar refractivity (Wildman–Crippen MR) is 81.4 cm³/mol. The maximum Gasteiger partial charge on any atom is 0.246 e. The molecule has 2 heterocycles. The van der Waals surface area contributed by atoms with Crippen molar-refractivity contribution in [1.82, 2.24) is 19.4 Å². The molecule has 0 aliphatic carbocycles. The minimum Gasteiger partial charge on any atom is -0.330 e. The molecular weight excluding hydrogens is 290 g/mol. The lowest BCUT2D eigenvalue weighted by Gasteiger charge is -2.33. The van der Waals surface area contributed by atoms with Crippen LogP contribution in [0, 0.1) is 6.92 Å². The molecule has 120 valence electrons. The monoisotopic (exact) mass is 315 g/mol. The van der Waals surface area contributed by atoms with Crippen molar-refractivity contribution in [1.29, 1.82) is 0 Å². The van der Waals surface area contributed by atoms with Crippen molar-refractivity contribution in [2.45, 2.75) is 31.1 Å². The van der Waals surface area contributed by atoms with Crippen LogP contribution < -0.4 is 5.73 Å². The smallest absolute Gasteiger partial charge is 0.246 e. The Morgan fingerprint density at radius 2 is 1.95 bits per heavy atom. The molecule has 1 saturated heterocycles. The summed E-state index contributed by atoms with van der Waals surface area (Å²) >= 11 is 0. The van der Waals surface area contributed by atoms with E-state index in [9.17, 15) is 8.42 Å². The first-order valence-corrected chi connectivity index (χ1v) is 8.92. The van der Waals surface area contributed by atoms with Gasteiger partial charge in [-0.15, -0.1) is 0 Å². The summed E-state index contributed by atoms with van der Waals surface area (Å²) in [5.74, 6) is 0. The number of rotatable bonds is 7. The van der Waals surface area contributed by atoms with E-state index in [1.165, 1.54) is 6.20 Å². The first-order chi connectivity index (χ1) is 10.1. The minimum atomic E-state index is -3.41. The van der Waals surface area contributed by atoms with Gasteiger partial charge in [0.15, 0.2) is 0 Å². The van der Waals surface area contributed by atoms with Crippen molar-refractivity contribution < 1.29 is 8.42 Å². The SMILES string of the molecule is Cc1[nH]ncc1S(=O)(=O)N1CCN(CCCCCN)CC1. The summed E-state index contributed by atoms with van der Waals surface area (Å²) in [6.45, 7) is 6.17. The van der Waals surface area contributed by atoms with Crippen LogP contribution in [0.5, 0.6) is 0 Å². The third-order valence-electron chi connectivity index (χ3n) is 3.91. The number of hydrogen-bond donors (Lipinski definition) is 2. The Morgan fingerprint density at radius 3 is 2.52 bits per heavy atom. The van der Waals surface area contributed by atoms with Crippen LogP contribution in [0.15, 0.2) is 11.1 Å². The largest absolute Gasteiger partial charge is 0.330 e. The molecule has 0 bridgehead atoms. The Balaban J connectivity index is 1.85. The van der Waals surface area contributed by atoms with Crippen molar-refractivity contribution in [2.24, 2.45) is 5.73 Å². The van der Waals surface area contributed by atoms with E-state index in [0.29, 0.717) is 23.7 Å². The van der Waals surface area contributed by atoms with Crippen molar-refractivity contribution in [3.05, 3.63) is 11.9 Å². The van der Waals surface area contributed by atoms with Gasteiger partial charge in [0, 0.05) is 26.2 Å². The highest BCUT2D eigenvalue weighted by atomic mass is 32.2. The molecule has 1 aromatic heterocycles. The number of nitrogens with two attached hydrogens (primary N) is 1. The molecule has 2 rings (SSSR count). The Hall–Kier alpha value is -0.960. The van der Waals surface area contributed by atoms with Crippen LogP contribution in [0.3, 0.4) is 0 Å². The molecule has 0 radical (unpaired) electrons. The van der Waals surface area contributed by atoms with E-state index < -0.39 is 10.0 Å². The molecule has 0 unspecified atom stereocenters. The van der Waals surface area contributed by atoms with Crippen LogP contribution in [-0.4, -0.2) is 67.1 Å². The molecule has 0 atom stereocenters. The van der Waals surface area contributed by atoms with Crippen molar-refractivity contribution in [3.63, 3.8) is 0 Å². The predicted octanol–water partition coefficient (Wildman–Crippen LogP) is 0.153. The number of nitrogens with zero attached hydrogens (tertiary/aromatic N) is 3. The lowest BCUT2D eigenvalue weighted by molar-refractivity contribution is 0.185. The van der Waals surface area contributed by atoms with Crippen LogP contribution in [0.4, 0.5) is 0 Å². The van der Waals surface area contributed by atoms with Crippen LogP contribution in [0.1, 0.15) is 25.0 Å². The molecule has 0 aromatic carbocycles. The highest BCUT2D eigenvalue weighted by molar-refractivity contribution is 7.89. The number of hydrogen-bond acceptors (Lipinski definition) is 5. The van der Waals surface area contributed by atoms with Crippen molar-refractivity contribution >= 4 is 10.0 Å². The van der Waals surface area contributed by atoms with E-state index in [2.05, 4.69) is 15.1 Å². The Morgan fingerprint density at radius 1 is 1.24 bits per heavy atom. The van der Waals surface area contributed by atoms with Gasteiger partial charge in [-0.2, -0.15) is 9.40 Å². The zero-order valence-electron chi connectivity index (χ0n) is 12.6. The average Bonchev–Trinajstić information content (AvgIpc) is 2.91. The van der Waals surface area contributed by atoms with Gasteiger partial charge >= 0.3 is 0 Å². The zero-order chi connectivity index (χ0) is 15.3. The van der Waals surface area contributed by atoms with Gasteiger partial charge in [-0.05, 0) is 32.9 Å². The Bertz CT molecular complexity index is 535. The topological polar surface area (TPSA) is 95.3 Å². The number of nitrogens with one attached hydrogen (secondary N) is 1. The number of aromatic amines is 1. The quantitative estimate of drug-likeness (QED) is 0.699. The van der Waals surface area contributed by atoms with E-state index in [4.69, 9.17) is 5.73 Å². The lowest BCUT2D eigenvalue weighted by atomic mass is 10.2. The summed E-state index contributed by atoms with van der Waals surface area (Å²) in [5, 5.41) is 6.49. The lowest BCUT2D eigenvalue weighted by Crippen LogP contribution is -2.48. The number of piperazine rings is 1. The van der Waals surface area contributed by atoms with Gasteiger partial charge in [-0.1, -0.05) is 6.42 Å². The molecule has 0 spiro atoms. The van der Waals surface area contributed by atoms with E-state index in [-0.39, 0.29) is 0 Å². The standard InChI is InChI=1S/C13H25N5O2S/c1-12-13(11-15-16-12)21(19,20)18-9-7-17(8-10-18)6-4-2-3-5-14/h11H,2-10,14H2,1H3,(H,15,16). The molecular formula is C13H25N5O2S. The normalized spacial score (nSPS) is 18.2. The van der Waals surface area contributed by atoms with Gasteiger partial charge in [-0.25, -0.2) is 8.42 Å². The van der Waals surface area contributed by atoms with Gasteiger partial charge in [0.1, 0.15) is 4.90 Å². The van der Waals surface area contributed by atoms with E-state index in [0.717, 1.165) is 45.4 Å². The highest BCUT2D eigenvalue weighted by Gasteiger charge is 2.30. The summed E-state index contributed by atoms with van der Waals surface area (Å²) in [5.41, 5.74) is 6.07. The van der Waals surface area contributed by atoms with Gasteiger partial charge in [0.25, 0.3) is 0 Å². The molecule has 3 N–H and O–H groups in total. The molecule has 21 heavy (non-hydrogen) atoms. The van der Waals surface area contributed by atoms with Crippen LogP contribution >= 0.6 is 0 Å². The summed E-state index contributed by atoms with van der Waals surface area (Å²) in [4.78, 5) is 2.61. The van der Waals surface area contributed by atoms with E-state index in [1.54, 1.807) is 11.2 Å². The van der Waals surface area contributed by atoms with E-state index in [1.807, 2.05) is 0 Å². The average molecular weight is 315 g/mol. The van der Waals surface area contributed by atoms with Gasteiger partial charge in [0.05, 0.1) is 11.9 Å². The summed E-state index contributed by atoms with van der Waals surface area (Å²) < 4.78 is 26.6. The fraction of sp³-hybridized carbons (Fsp3) is 0.769. The second-order valence-corrected chi connectivity index (χ2v) is 7.36. The molecule has 0 saturated carbocycles. The van der Waals surface area contributed by atoms with Gasteiger partial charge in [-0.3, -0.25) is 5.10 Å². The molecule has 1 aliphatic heterocycles. The second kappa shape index (κ2) is 7.35. The summed E-state index contributed by atoms with van der Waals surface area (Å²) in [7, 11) is -3.41.